The quantitative estimate of drug-likeness (QED) is 0.808. The lowest BCUT2D eigenvalue weighted by Gasteiger charge is -2.11. The molecule has 1 aromatic carbocycles. The molecule has 0 amide bonds. The van der Waals surface area contributed by atoms with Crippen LogP contribution in [-0.4, -0.2) is 18.5 Å². The minimum absolute atomic E-state index is 0.462. The molecular weight excluding hydrogens is 198 g/mol. The summed E-state index contributed by atoms with van der Waals surface area (Å²) in [5.41, 5.74) is 2.76. The Morgan fingerprint density at radius 3 is 2.75 bits per heavy atom. The van der Waals surface area contributed by atoms with Crippen molar-refractivity contribution in [2.24, 2.45) is 4.99 Å². The normalized spacial score (nSPS) is 19.1. The molecule has 0 aliphatic carbocycles. The first-order chi connectivity index (χ1) is 7.79. The number of guanidine groups is 1. The zero-order valence-electron chi connectivity index (χ0n) is 9.96. The molecule has 16 heavy (non-hydrogen) atoms. The molecule has 1 aliphatic heterocycles. The fourth-order valence-corrected chi connectivity index (χ4v) is 1.91. The van der Waals surface area contributed by atoms with Gasteiger partial charge in [-0.1, -0.05) is 31.2 Å². The Balaban J connectivity index is 1.94. The Kier molecular flexibility index (Phi) is 3.44. The summed E-state index contributed by atoms with van der Waals surface area (Å²) in [7, 11) is 0. The number of hydrogen-bond donors (Lipinski definition) is 2. The van der Waals surface area contributed by atoms with Gasteiger partial charge in [0.25, 0.3) is 0 Å². The van der Waals surface area contributed by atoms with Crippen LogP contribution in [-0.2, 0) is 13.0 Å². The highest BCUT2D eigenvalue weighted by Crippen LogP contribution is 2.09. The molecule has 1 heterocycles. The van der Waals surface area contributed by atoms with Gasteiger partial charge < -0.3 is 10.6 Å². The van der Waals surface area contributed by atoms with Crippen molar-refractivity contribution in [1.82, 2.24) is 10.6 Å². The van der Waals surface area contributed by atoms with E-state index in [-0.39, 0.29) is 0 Å². The van der Waals surface area contributed by atoms with Gasteiger partial charge in [-0.05, 0) is 24.5 Å². The molecule has 2 rings (SSSR count). The highest BCUT2D eigenvalue weighted by molar-refractivity contribution is 5.81. The molecule has 0 bridgehead atoms. The maximum atomic E-state index is 4.38. The summed E-state index contributed by atoms with van der Waals surface area (Å²) in [5, 5.41) is 6.64. The summed E-state index contributed by atoms with van der Waals surface area (Å²) >= 11 is 0. The Hall–Kier alpha value is -1.51. The fourth-order valence-electron chi connectivity index (χ4n) is 1.91. The van der Waals surface area contributed by atoms with E-state index in [1.807, 2.05) is 0 Å². The van der Waals surface area contributed by atoms with E-state index < -0.39 is 0 Å². The van der Waals surface area contributed by atoms with Gasteiger partial charge in [-0.2, -0.15) is 0 Å². The molecule has 0 saturated carbocycles. The zero-order valence-corrected chi connectivity index (χ0v) is 9.96. The van der Waals surface area contributed by atoms with E-state index in [0.717, 1.165) is 25.5 Å². The van der Waals surface area contributed by atoms with Crippen molar-refractivity contribution in [2.75, 3.05) is 6.54 Å². The molecule has 0 radical (unpaired) electrons. The second kappa shape index (κ2) is 5.01. The lowest BCUT2D eigenvalue weighted by molar-refractivity contribution is 0.713. The molecule has 0 fully saturated rings. The summed E-state index contributed by atoms with van der Waals surface area (Å²) in [4.78, 5) is 4.38. The highest BCUT2D eigenvalue weighted by atomic mass is 15.2. The van der Waals surface area contributed by atoms with Crippen LogP contribution in [0, 0.1) is 0 Å². The number of nitrogens with zero attached hydrogens (tertiary/aromatic N) is 1. The van der Waals surface area contributed by atoms with Gasteiger partial charge in [0, 0.05) is 12.6 Å². The molecule has 86 valence electrons. The molecule has 2 N–H and O–H groups in total. The molecule has 0 saturated heterocycles. The van der Waals surface area contributed by atoms with E-state index in [4.69, 9.17) is 0 Å². The minimum Gasteiger partial charge on any atom is -0.352 e. The van der Waals surface area contributed by atoms with Gasteiger partial charge in [0.05, 0.1) is 6.54 Å². The van der Waals surface area contributed by atoms with Gasteiger partial charge in [0.15, 0.2) is 5.96 Å². The van der Waals surface area contributed by atoms with Crippen LogP contribution in [0.3, 0.4) is 0 Å². The number of benzene rings is 1. The predicted octanol–water partition coefficient (Wildman–Crippen LogP) is 1.69. The van der Waals surface area contributed by atoms with Crippen molar-refractivity contribution in [3.8, 4) is 0 Å². The topological polar surface area (TPSA) is 36.4 Å². The third kappa shape index (κ3) is 2.54. The van der Waals surface area contributed by atoms with E-state index in [0.29, 0.717) is 6.04 Å². The fraction of sp³-hybridized carbons (Fsp3) is 0.462. The van der Waals surface area contributed by atoms with Crippen LogP contribution in [0.5, 0.6) is 0 Å². The van der Waals surface area contributed by atoms with E-state index in [9.17, 15) is 0 Å². The number of aliphatic imine (C=N–C) groups is 1. The van der Waals surface area contributed by atoms with Crippen LogP contribution in [0.25, 0.3) is 0 Å². The third-order valence-corrected chi connectivity index (χ3v) is 2.85. The van der Waals surface area contributed by atoms with E-state index in [1.165, 1.54) is 11.1 Å². The van der Waals surface area contributed by atoms with Crippen LogP contribution in [0.1, 0.15) is 25.0 Å². The van der Waals surface area contributed by atoms with Gasteiger partial charge in [-0.25, -0.2) is 0 Å². The minimum atomic E-state index is 0.462. The van der Waals surface area contributed by atoms with Crippen molar-refractivity contribution in [2.45, 2.75) is 32.9 Å². The van der Waals surface area contributed by atoms with E-state index in [1.54, 1.807) is 0 Å². The summed E-state index contributed by atoms with van der Waals surface area (Å²) < 4.78 is 0. The van der Waals surface area contributed by atoms with Crippen LogP contribution >= 0.6 is 0 Å². The lowest BCUT2D eigenvalue weighted by Crippen LogP contribution is -2.37. The third-order valence-electron chi connectivity index (χ3n) is 2.85. The Bertz CT molecular complexity index is 385. The van der Waals surface area contributed by atoms with Crippen molar-refractivity contribution >= 4 is 5.96 Å². The molecule has 1 aliphatic rings. The second-order valence-corrected chi connectivity index (χ2v) is 4.21. The molecule has 1 unspecified atom stereocenters. The molecule has 1 atom stereocenters. The van der Waals surface area contributed by atoms with Crippen LogP contribution in [0.15, 0.2) is 29.3 Å². The maximum Gasteiger partial charge on any atom is 0.191 e. The van der Waals surface area contributed by atoms with Gasteiger partial charge in [0.1, 0.15) is 0 Å². The summed E-state index contributed by atoms with van der Waals surface area (Å²) in [5.74, 6) is 0.929. The molecule has 0 spiro atoms. The molecule has 0 aromatic heterocycles. The van der Waals surface area contributed by atoms with Crippen LogP contribution in [0.2, 0.25) is 0 Å². The standard InChI is InChI=1S/C13H19N3/c1-3-11-6-4-5-7-12(11)9-15-13-14-8-10(2)16-13/h4-7,10H,3,8-9H2,1-2H3,(H2,14,15,16). The maximum absolute atomic E-state index is 4.38. The van der Waals surface area contributed by atoms with Crippen molar-refractivity contribution in [3.63, 3.8) is 0 Å². The second-order valence-electron chi connectivity index (χ2n) is 4.21. The summed E-state index contributed by atoms with van der Waals surface area (Å²) in [6.07, 6.45) is 1.08. The van der Waals surface area contributed by atoms with Gasteiger partial charge >= 0.3 is 0 Å². The summed E-state index contributed by atoms with van der Waals surface area (Å²) in [6.45, 7) is 6.05. The van der Waals surface area contributed by atoms with Crippen molar-refractivity contribution in [3.05, 3.63) is 35.4 Å². The highest BCUT2D eigenvalue weighted by Gasteiger charge is 2.11. The first kappa shape index (κ1) is 11.0. The Morgan fingerprint density at radius 1 is 1.38 bits per heavy atom. The smallest absolute Gasteiger partial charge is 0.191 e. The first-order valence-electron chi connectivity index (χ1n) is 5.91. The van der Waals surface area contributed by atoms with Crippen LogP contribution in [0.4, 0.5) is 0 Å². The first-order valence-corrected chi connectivity index (χ1v) is 5.91. The van der Waals surface area contributed by atoms with Gasteiger partial charge in [-0.15, -0.1) is 0 Å². The Morgan fingerprint density at radius 2 is 2.12 bits per heavy atom. The van der Waals surface area contributed by atoms with E-state index >= 15 is 0 Å². The van der Waals surface area contributed by atoms with Crippen molar-refractivity contribution in [1.29, 1.82) is 0 Å². The number of aryl methyl sites for hydroxylation is 1. The number of nitrogens with one attached hydrogen (secondary N) is 2. The predicted molar refractivity (Wildman–Crippen MR) is 67.6 cm³/mol. The van der Waals surface area contributed by atoms with Gasteiger partial charge in [0.2, 0.25) is 0 Å². The van der Waals surface area contributed by atoms with Crippen molar-refractivity contribution < 1.29 is 0 Å². The SMILES string of the molecule is CCc1ccccc1CNC1=NCC(C)N1. The van der Waals surface area contributed by atoms with E-state index in [2.05, 4.69) is 53.7 Å². The molecule has 3 nitrogen and oxygen atoms in total. The zero-order chi connectivity index (χ0) is 11.4. The number of hydrogen-bond acceptors (Lipinski definition) is 3. The molecular formula is C13H19N3. The molecule has 1 aromatic rings. The monoisotopic (exact) mass is 217 g/mol. The largest absolute Gasteiger partial charge is 0.352 e. The average molecular weight is 217 g/mol. The van der Waals surface area contributed by atoms with Crippen LogP contribution < -0.4 is 10.6 Å². The molecule has 3 heteroatoms. The Labute approximate surface area is 97.0 Å². The van der Waals surface area contributed by atoms with Gasteiger partial charge in [-0.3, -0.25) is 4.99 Å². The number of rotatable bonds is 3. The lowest BCUT2D eigenvalue weighted by atomic mass is 10.1. The average Bonchev–Trinajstić information content (AvgIpc) is 2.73. The summed E-state index contributed by atoms with van der Waals surface area (Å²) in [6, 6.07) is 9.00.